The number of ether oxygens (including phenoxy) is 4. The van der Waals surface area contributed by atoms with Crippen LogP contribution in [-0.4, -0.2) is 60.8 Å². The number of nitrogens with one attached hydrogen (secondary N) is 1. The van der Waals surface area contributed by atoms with Gasteiger partial charge in [-0.3, -0.25) is 4.79 Å². The maximum Gasteiger partial charge on any atom is 0.233 e. The van der Waals surface area contributed by atoms with E-state index in [9.17, 15) is 4.79 Å². The molecule has 0 bridgehead atoms. The van der Waals surface area contributed by atoms with Crippen LogP contribution in [-0.2, 0) is 4.79 Å². The van der Waals surface area contributed by atoms with Gasteiger partial charge >= 0.3 is 0 Å². The minimum Gasteiger partial charge on any atom is -0.493 e. The molecule has 0 spiro atoms. The first kappa shape index (κ1) is 27.5. The lowest BCUT2D eigenvalue weighted by Gasteiger charge is -2.18. The molecule has 1 fully saturated rings. The van der Waals surface area contributed by atoms with E-state index in [1.807, 2.05) is 43.3 Å². The molecule has 1 amide bonds. The molecule has 3 aromatic rings. The van der Waals surface area contributed by atoms with Gasteiger partial charge in [-0.05, 0) is 55.7 Å². The van der Waals surface area contributed by atoms with Gasteiger partial charge in [0, 0.05) is 17.2 Å². The van der Waals surface area contributed by atoms with Gasteiger partial charge in [0.25, 0.3) is 0 Å². The van der Waals surface area contributed by atoms with Gasteiger partial charge in [-0.25, -0.2) is 4.98 Å². The number of amides is 1. The van der Waals surface area contributed by atoms with Gasteiger partial charge in [0.2, 0.25) is 11.1 Å². The summed E-state index contributed by atoms with van der Waals surface area (Å²) in [6, 6.07) is 11.4. The second-order valence-electron chi connectivity index (χ2n) is 8.94. The van der Waals surface area contributed by atoms with Crippen molar-refractivity contribution in [3.05, 3.63) is 36.4 Å². The van der Waals surface area contributed by atoms with E-state index < -0.39 is 0 Å². The van der Waals surface area contributed by atoms with E-state index in [4.69, 9.17) is 23.9 Å². The zero-order chi connectivity index (χ0) is 27.1. The van der Waals surface area contributed by atoms with Crippen LogP contribution in [0.25, 0.3) is 22.5 Å². The van der Waals surface area contributed by atoms with Gasteiger partial charge < -0.3 is 24.3 Å². The van der Waals surface area contributed by atoms with E-state index >= 15 is 0 Å². The van der Waals surface area contributed by atoms with Crippen molar-refractivity contribution in [2.45, 2.75) is 55.5 Å². The van der Waals surface area contributed by atoms with Crippen LogP contribution in [0.2, 0.25) is 0 Å². The molecule has 0 radical (unpaired) electrons. The minimum absolute atomic E-state index is 0.0182. The number of hydrogen-bond donors (Lipinski definition) is 1. The Balaban J connectivity index is 1.74. The molecule has 2 aromatic carbocycles. The summed E-state index contributed by atoms with van der Waals surface area (Å²) in [5.41, 5.74) is 2.69. The average molecular weight is 539 g/mol. The van der Waals surface area contributed by atoms with E-state index in [2.05, 4.69) is 15.5 Å². The molecule has 1 heterocycles. The van der Waals surface area contributed by atoms with Crippen LogP contribution in [0.1, 0.15) is 39.0 Å². The molecule has 0 unspecified atom stereocenters. The Labute approximate surface area is 227 Å². The van der Waals surface area contributed by atoms with Crippen molar-refractivity contribution in [1.29, 1.82) is 0 Å². The molecule has 9 nitrogen and oxygen atoms in total. The quantitative estimate of drug-likeness (QED) is 0.331. The Hall–Kier alpha value is -3.53. The molecule has 1 N–H and O–H groups in total. The SMILES string of the molecule is CC[C@H](Sc1nnc(-c2ccc(OC)c(OC)c2)c(-c2ccc(OC)c(OC)c2)n1)C(=O)NC1CCCC1. The summed E-state index contributed by atoms with van der Waals surface area (Å²) in [7, 11) is 6.36. The number of hydrogen-bond acceptors (Lipinski definition) is 9. The molecule has 1 atom stereocenters. The van der Waals surface area contributed by atoms with Crippen molar-refractivity contribution in [3.63, 3.8) is 0 Å². The fourth-order valence-corrected chi connectivity index (χ4v) is 5.37. The molecule has 202 valence electrons. The van der Waals surface area contributed by atoms with Crippen LogP contribution in [0.5, 0.6) is 23.0 Å². The third-order valence-electron chi connectivity index (χ3n) is 6.59. The van der Waals surface area contributed by atoms with Crippen molar-refractivity contribution in [2.75, 3.05) is 28.4 Å². The smallest absolute Gasteiger partial charge is 0.233 e. The third kappa shape index (κ3) is 6.12. The van der Waals surface area contributed by atoms with E-state index in [0.29, 0.717) is 46.0 Å². The van der Waals surface area contributed by atoms with Crippen LogP contribution in [0.4, 0.5) is 0 Å². The summed E-state index contributed by atoms with van der Waals surface area (Å²) in [5, 5.41) is 12.3. The zero-order valence-electron chi connectivity index (χ0n) is 22.4. The molecule has 10 heteroatoms. The number of methoxy groups -OCH3 is 4. The van der Waals surface area contributed by atoms with Crippen molar-refractivity contribution in [1.82, 2.24) is 20.5 Å². The predicted octanol–water partition coefficient (Wildman–Crippen LogP) is 5.17. The van der Waals surface area contributed by atoms with E-state index in [-0.39, 0.29) is 17.2 Å². The Morgan fingerprint density at radius 1 is 0.868 bits per heavy atom. The first-order valence-electron chi connectivity index (χ1n) is 12.7. The maximum absolute atomic E-state index is 13.0. The van der Waals surface area contributed by atoms with Crippen molar-refractivity contribution >= 4 is 17.7 Å². The Morgan fingerprint density at radius 2 is 1.42 bits per heavy atom. The molecule has 0 saturated heterocycles. The van der Waals surface area contributed by atoms with Crippen LogP contribution >= 0.6 is 11.8 Å². The number of rotatable bonds is 11. The molecule has 4 rings (SSSR count). The van der Waals surface area contributed by atoms with Gasteiger partial charge in [0.05, 0.1) is 33.7 Å². The van der Waals surface area contributed by atoms with Gasteiger partial charge in [0.15, 0.2) is 23.0 Å². The lowest BCUT2D eigenvalue weighted by molar-refractivity contribution is -0.121. The first-order chi connectivity index (χ1) is 18.5. The fourth-order valence-electron chi connectivity index (χ4n) is 4.54. The highest BCUT2D eigenvalue weighted by molar-refractivity contribution is 8.00. The zero-order valence-corrected chi connectivity index (χ0v) is 23.3. The summed E-state index contributed by atoms with van der Waals surface area (Å²) >= 11 is 1.33. The highest BCUT2D eigenvalue weighted by Crippen LogP contribution is 2.38. The normalized spacial score (nSPS) is 14.1. The largest absolute Gasteiger partial charge is 0.493 e. The van der Waals surface area contributed by atoms with Crippen molar-refractivity contribution in [3.8, 4) is 45.5 Å². The number of benzene rings is 2. The lowest BCUT2D eigenvalue weighted by atomic mass is 10.0. The molecule has 1 aliphatic rings. The predicted molar refractivity (Wildman–Crippen MR) is 147 cm³/mol. The van der Waals surface area contributed by atoms with Crippen molar-refractivity contribution in [2.24, 2.45) is 0 Å². The Bertz CT molecular complexity index is 1270. The maximum atomic E-state index is 13.0. The standard InChI is InChI=1S/C28H34N4O5S/c1-6-24(27(33)29-19-9-7-8-10-19)38-28-30-25(17-11-13-20(34-2)22(15-17)36-4)26(31-32-28)18-12-14-21(35-3)23(16-18)37-5/h11-16,19,24H,6-10H2,1-5H3,(H,29,33)/t24-/m0/s1. The topological polar surface area (TPSA) is 105 Å². The van der Waals surface area contributed by atoms with Crippen LogP contribution < -0.4 is 24.3 Å². The molecule has 1 aromatic heterocycles. The highest BCUT2D eigenvalue weighted by Gasteiger charge is 2.25. The summed E-state index contributed by atoms with van der Waals surface area (Å²) in [6.07, 6.45) is 5.04. The number of carbonyl (C=O) groups is 1. The van der Waals surface area contributed by atoms with E-state index in [1.165, 1.54) is 11.8 Å². The highest BCUT2D eigenvalue weighted by atomic mass is 32.2. The van der Waals surface area contributed by atoms with Crippen LogP contribution in [0.3, 0.4) is 0 Å². The molecular formula is C28H34N4O5S. The molecule has 1 aliphatic carbocycles. The lowest BCUT2D eigenvalue weighted by Crippen LogP contribution is -2.38. The third-order valence-corrected chi connectivity index (χ3v) is 7.81. The Morgan fingerprint density at radius 3 is 1.95 bits per heavy atom. The number of carbonyl (C=O) groups excluding carboxylic acids is 1. The summed E-state index contributed by atoms with van der Waals surface area (Å²) < 4.78 is 21.8. The Kier molecular flexibility index (Phi) is 9.28. The summed E-state index contributed by atoms with van der Waals surface area (Å²) in [6.45, 7) is 1.99. The van der Waals surface area contributed by atoms with Gasteiger partial charge in [-0.15, -0.1) is 10.2 Å². The first-order valence-corrected chi connectivity index (χ1v) is 13.6. The monoisotopic (exact) mass is 538 g/mol. The summed E-state index contributed by atoms with van der Waals surface area (Å²) in [5.74, 6) is 2.37. The van der Waals surface area contributed by atoms with Gasteiger partial charge in [-0.1, -0.05) is 31.5 Å². The number of thioether (sulfide) groups is 1. The molecule has 0 aliphatic heterocycles. The molecule has 1 saturated carbocycles. The second kappa shape index (κ2) is 12.8. The van der Waals surface area contributed by atoms with E-state index in [1.54, 1.807) is 28.4 Å². The van der Waals surface area contributed by atoms with Gasteiger partial charge in [0.1, 0.15) is 11.4 Å². The molecule has 38 heavy (non-hydrogen) atoms. The van der Waals surface area contributed by atoms with Gasteiger partial charge in [-0.2, -0.15) is 0 Å². The van der Waals surface area contributed by atoms with Crippen LogP contribution in [0.15, 0.2) is 41.6 Å². The second-order valence-corrected chi connectivity index (χ2v) is 10.1. The number of aromatic nitrogens is 3. The fraction of sp³-hybridized carbons (Fsp3) is 0.429. The van der Waals surface area contributed by atoms with Crippen molar-refractivity contribution < 1.29 is 23.7 Å². The average Bonchev–Trinajstić information content (AvgIpc) is 3.47. The van der Waals surface area contributed by atoms with Crippen LogP contribution in [0, 0.1) is 0 Å². The summed E-state index contributed by atoms with van der Waals surface area (Å²) in [4.78, 5) is 17.9. The minimum atomic E-state index is -0.317. The molecular weight excluding hydrogens is 504 g/mol. The number of nitrogens with zero attached hydrogens (tertiary/aromatic N) is 3. The van der Waals surface area contributed by atoms with E-state index in [0.717, 1.165) is 36.8 Å².